The molecule has 1 fully saturated rings. The Morgan fingerprint density at radius 3 is 2.79 bits per heavy atom. The van der Waals surface area contributed by atoms with E-state index in [0.29, 0.717) is 12.6 Å². The van der Waals surface area contributed by atoms with Crippen LogP contribution in [0.5, 0.6) is 0 Å². The first kappa shape index (κ1) is 18.9. The van der Waals surface area contributed by atoms with Crippen LogP contribution in [0.2, 0.25) is 0 Å². The predicted molar refractivity (Wildman–Crippen MR) is 98.8 cm³/mol. The summed E-state index contributed by atoms with van der Waals surface area (Å²) in [7, 11) is 2.18. The van der Waals surface area contributed by atoms with Gasteiger partial charge in [0.2, 0.25) is 5.91 Å². The van der Waals surface area contributed by atoms with Gasteiger partial charge in [0.1, 0.15) is 0 Å². The van der Waals surface area contributed by atoms with Crippen LogP contribution in [-0.2, 0) is 4.79 Å². The van der Waals surface area contributed by atoms with Gasteiger partial charge in [0.15, 0.2) is 0 Å². The SMILES string of the molecule is CCCC(N)C(=O)NCCCN1CCN(C)CC1c1ccccc1. The van der Waals surface area contributed by atoms with Crippen molar-refractivity contribution in [3.05, 3.63) is 35.9 Å². The van der Waals surface area contributed by atoms with Gasteiger partial charge in [0, 0.05) is 38.8 Å². The van der Waals surface area contributed by atoms with Crippen molar-refractivity contribution in [1.29, 1.82) is 0 Å². The van der Waals surface area contributed by atoms with Gasteiger partial charge in [-0.2, -0.15) is 0 Å². The predicted octanol–water partition coefficient (Wildman–Crippen LogP) is 1.61. The second-order valence-electron chi connectivity index (χ2n) is 6.76. The van der Waals surface area contributed by atoms with E-state index in [2.05, 4.69) is 52.5 Å². The Morgan fingerprint density at radius 1 is 1.33 bits per heavy atom. The molecule has 1 aliphatic heterocycles. The molecular formula is C19H32N4O. The molecule has 0 saturated carbocycles. The Kier molecular flexibility index (Phi) is 7.69. The lowest BCUT2D eigenvalue weighted by Crippen LogP contribution is -2.47. The van der Waals surface area contributed by atoms with Gasteiger partial charge in [0.25, 0.3) is 0 Å². The molecule has 1 aromatic carbocycles. The zero-order valence-corrected chi connectivity index (χ0v) is 15.1. The fraction of sp³-hybridized carbons (Fsp3) is 0.632. The maximum absolute atomic E-state index is 11.9. The van der Waals surface area contributed by atoms with E-state index in [-0.39, 0.29) is 11.9 Å². The molecule has 5 heteroatoms. The molecule has 0 aromatic heterocycles. The molecule has 2 rings (SSSR count). The largest absolute Gasteiger partial charge is 0.355 e. The Labute approximate surface area is 146 Å². The number of piperazine rings is 1. The third-order valence-electron chi connectivity index (χ3n) is 4.74. The van der Waals surface area contributed by atoms with Crippen LogP contribution in [-0.4, -0.2) is 61.5 Å². The Bertz CT molecular complexity index is 493. The first-order valence-corrected chi connectivity index (χ1v) is 9.12. The van der Waals surface area contributed by atoms with Crippen molar-refractivity contribution in [1.82, 2.24) is 15.1 Å². The summed E-state index contributed by atoms with van der Waals surface area (Å²) in [6.45, 7) is 6.96. The number of nitrogens with two attached hydrogens (primary N) is 1. The van der Waals surface area contributed by atoms with Crippen LogP contribution in [0.15, 0.2) is 30.3 Å². The second kappa shape index (κ2) is 9.77. The van der Waals surface area contributed by atoms with E-state index in [9.17, 15) is 4.79 Å². The highest BCUT2D eigenvalue weighted by molar-refractivity contribution is 5.81. The molecule has 24 heavy (non-hydrogen) atoms. The number of carbonyl (C=O) groups excluding carboxylic acids is 1. The fourth-order valence-electron chi connectivity index (χ4n) is 3.28. The van der Waals surface area contributed by atoms with Gasteiger partial charge in [-0.15, -0.1) is 0 Å². The summed E-state index contributed by atoms with van der Waals surface area (Å²) in [6.07, 6.45) is 2.65. The zero-order chi connectivity index (χ0) is 17.4. The molecule has 0 bridgehead atoms. The maximum Gasteiger partial charge on any atom is 0.236 e. The summed E-state index contributed by atoms with van der Waals surface area (Å²) >= 11 is 0. The summed E-state index contributed by atoms with van der Waals surface area (Å²) in [5.74, 6) is -0.0187. The summed E-state index contributed by atoms with van der Waals surface area (Å²) in [6, 6.07) is 10.8. The molecule has 1 amide bonds. The average Bonchev–Trinajstić information content (AvgIpc) is 2.60. The van der Waals surface area contributed by atoms with Crippen molar-refractivity contribution in [2.24, 2.45) is 5.73 Å². The third-order valence-corrected chi connectivity index (χ3v) is 4.74. The second-order valence-corrected chi connectivity index (χ2v) is 6.76. The fourth-order valence-corrected chi connectivity index (χ4v) is 3.28. The molecule has 0 aliphatic carbocycles. The molecule has 2 atom stereocenters. The molecule has 2 unspecified atom stereocenters. The molecule has 1 heterocycles. The van der Waals surface area contributed by atoms with Crippen LogP contribution >= 0.6 is 0 Å². The molecule has 1 saturated heterocycles. The zero-order valence-electron chi connectivity index (χ0n) is 15.1. The lowest BCUT2D eigenvalue weighted by Gasteiger charge is -2.40. The van der Waals surface area contributed by atoms with E-state index >= 15 is 0 Å². The average molecular weight is 332 g/mol. The number of nitrogens with zero attached hydrogens (tertiary/aromatic N) is 2. The molecule has 0 radical (unpaired) electrons. The van der Waals surface area contributed by atoms with Gasteiger partial charge in [0.05, 0.1) is 6.04 Å². The van der Waals surface area contributed by atoms with E-state index in [0.717, 1.165) is 45.4 Å². The molecule has 1 aromatic rings. The molecule has 1 aliphatic rings. The third kappa shape index (κ3) is 5.58. The lowest BCUT2D eigenvalue weighted by atomic mass is 10.0. The monoisotopic (exact) mass is 332 g/mol. The van der Waals surface area contributed by atoms with Crippen LogP contribution < -0.4 is 11.1 Å². The van der Waals surface area contributed by atoms with E-state index in [4.69, 9.17) is 5.73 Å². The standard InChI is InChI=1S/C19H32N4O/c1-3-8-17(20)19(24)21-11-7-12-23-14-13-22(2)15-18(23)16-9-5-4-6-10-16/h4-6,9-10,17-18H,3,7-8,11-15,20H2,1-2H3,(H,21,24). The van der Waals surface area contributed by atoms with E-state index < -0.39 is 0 Å². The molecule has 3 N–H and O–H groups in total. The minimum absolute atomic E-state index is 0.0187. The summed E-state index contributed by atoms with van der Waals surface area (Å²) in [4.78, 5) is 16.8. The maximum atomic E-state index is 11.9. The topological polar surface area (TPSA) is 61.6 Å². The number of likely N-dealkylation sites (N-methyl/N-ethyl adjacent to an activating group) is 1. The first-order chi connectivity index (χ1) is 11.6. The molecule has 134 valence electrons. The minimum atomic E-state index is -0.365. The molecule has 5 nitrogen and oxygen atoms in total. The van der Waals surface area contributed by atoms with Crippen molar-refractivity contribution >= 4 is 5.91 Å². The van der Waals surface area contributed by atoms with Crippen LogP contribution in [0.3, 0.4) is 0 Å². The highest BCUT2D eigenvalue weighted by Crippen LogP contribution is 2.24. The lowest BCUT2D eigenvalue weighted by molar-refractivity contribution is -0.122. The molecule has 0 spiro atoms. The quantitative estimate of drug-likeness (QED) is 0.710. The van der Waals surface area contributed by atoms with Gasteiger partial charge in [-0.3, -0.25) is 9.69 Å². The Balaban J connectivity index is 1.80. The van der Waals surface area contributed by atoms with Gasteiger partial charge in [-0.05, 0) is 25.5 Å². The van der Waals surface area contributed by atoms with Gasteiger partial charge >= 0.3 is 0 Å². The summed E-state index contributed by atoms with van der Waals surface area (Å²) in [5.41, 5.74) is 7.21. The number of benzene rings is 1. The summed E-state index contributed by atoms with van der Waals surface area (Å²) in [5, 5.41) is 2.97. The van der Waals surface area contributed by atoms with Gasteiger partial charge in [-0.1, -0.05) is 43.7 Å². The van der Waals surface area contributed by atoms with E-state index in [1.165, 1.54) is 5.56 Å². The van der Waals surface area contributed by atoms with Crippen molar-refractivity contribution < 1.29 is 4.79 Å². The number of nitrogens with one attached hydrogen (secondary N) is 1. The Morgan fingerprint density at radius 2 is 2.08 bits per heavy atom. The smallest absolute Gasteiger partial charge is 0.236 e. The van der Waals surface area contributed by atoms with Gasteiger partial charge in [-0.25, -0.2) is 0 Å². The number of rotatable bonds is 8. The van der Waals surface area contributed by atoms with Crippen LogP contribution in [0, 0.1) is 0 Å². The van der Waals surface area contributed by atoms with Crippen molar-refractivity contribution in [3.63, 3.8) is 0 Å². The van der Waals surface area contributed by atoms with E-state index in [1.54, 1.807) is 0 Å². The Hall–Kier alpha value is -1.43. The number of hydrogen-bond donors (Lipinski definition) is 2. The van der Waals surface area contributed by atoms with Crippen molar-refractivity contribution in [2.45, 2.75) is 38.3 Å². The van der Waals surface area contributed by atoms with Crippen molar-refractivity contribution in [3.8, 4) is 0 Å². The van der Waals surface area contributed by atoms with Crippen LogP contribution in [0.4, 0.5) is 0 Å². The van der Waals surface area contributed by atoms with Crippen LogP contribution in [0.25, 0.3) is 0 Å². The van der Waals surface area contributed by atoms with Crippen molar-refractivity contribution in [2.75, 3.05) is 39.8 Å². The van der Waals surface area contributed by atoms with Gasteiger partial charge < -0.3 is 16.0 Å². The normalized spacial score (nSPS) is 20.7. The van der Waals surface area contributed by atoms with Crippen LogP contribution in [0.1, 0.15) is 37.8 Å². The number of carbonyl (C=O) groups is 1. The minimum Gasteiger partial charge on any atom is -0.355 e. The highest BCUT2D eigenvalue weighted by atomic mass is 16.2. The number of amides is 1. The first-order valence-electron chi connectivity index (χ1n) is 9.12. The highest BCUT2D eigenvalue weighted by Gasteiger charge is 2.25. The summed E-state index contributed by atoms with van der Waals surface area (Å²) < 4.78 is 0. The molecular weight excluding hydrogens is 300 g/mol. The number of hydrogen-bond acceptors (Lipinski definition) is 4. The van der Waals surface area contributed by atoms with E-state index in [1.807, 2.05) is 6.92 Å².